The number of rotatable bonds is 14. The van der Waals surface area contributed by atoms with E-state index in [9.17, 15) is 40.7 Å². The summed E-state index contributed by atoms with van der Waals surface area (Å²) in [7, 11) is 0.523. The molecule has 2 aromatic heterocycles. The Kier molecular flexibility index (Phi) is 13.9. The Balaban J connectivity index is 0.000000188. The van der Waals surface area contributed by atoms with Crippen LogP contribution in [-0.2, 0) is 14.3 Å². The van der Waals surface area contributed by atoms with Crippen LogP contribution in [0.15, 0.2) is 58.4 Å². The second kappa shape index (κ2) is 19.1. The molecule has 21 heteroatoms. The fourth-order valence-corrected chi connectivity index (χ4v) is 7.84. The van der Waals surface area contributed by atoms with E-state index in [0.29, 0.717) is 37.5 Å². The van der Waals surface area contributed by atoms with Crippen molar-refractivity contribution in [3.63, 3.8) is 0 Å². The lowest BCUT2D eigenvalue weighted by atomic mass is 10.2. The zero-order valence-electron chi connectivity index (χ0n) is 34.6. The van der Waals surface area contributed by atoms with E-state index in [2.05, 4.69) is 20.0 Å². The van der Waals surface area contributed by atoms with E-state index >= 15 is 0 Å². The second-order valence-corrected chi connectivity index (χ2v) is 17.9. The Bertz CT molecular complexity index is 2420. The van der Waals surface area contributed by atoms with Gasteiger partial charge in [-0.3, -0.25) is 13.8 Å². The van der Waals surface area contributed by atoms with Crippen LogP contribution in [0.3, 0.4) is 0 Å². The molecule has 0 unspecified atom stereocenters. The number of hydrogen-bond donors (Lipinski definition) is 1. The molecule has 1 N–H and O–H groups in total. The van der Waals surface area contributed by atoms with Crippen LogP contribution in [-0.4, -0.2) is 142 Å². The molecule has 2 saturated carbocycles. The summed E-state index contributed by atoms with van der Waals surface area (Å²) in [5, 5.41) is 17.5. The molecule has 4 fully saturated rings. The molecule has 16 nitrogen and oxygen atoms in total. The molecule has 4 aromatic rings. The van der Waals surface area contributed by atoms with Gasteiger partial charge in [-0.2, -0.15) is 28.0 Å². The number of benzene rings is 2. The average Bonchev–Trinajstić information content (AvgIpc) is 4.15. The maximum Gasteiger partial charge on any atom is 0.316 e. The van der Waals surface area contributed by atoms with Crippen LogP contribution in [0.2, 0.25) is 0 Å². The maximum atomic E-state index is 13.7. The molecule has 2 aromatic carbocycles. The Morgan fingerprint density at radius 2 is 0.984 bits per heavy atom. The smallest absolute Gasteiger partial charge is 0.316 e. The molecule has 2 saturated heterocycles. The van der Waals surface area contributed by atoms with Crippen molar-refractivity contribution in [2.45, 2.75) is 12.8 Å². The number of halogens is 4. The molecular weight excluding hydrogens is 841 g/mol. The van der Waals surface area contributed by atoms with Crippen molar-refractivity contribution in [1.82, 2.24) is 29.4 Å². The van der Waals surface area contributed by atoms with Crippen molar-refractivity contribution in [3.05, 3.63) is 92.8 Å². The third-order valence-electron chi connectivity index (χ3n) is 11.5. The third-order valence-corrected chi connectivity index (χ3v) is 12.0. The predicted octanol–water partition coefficient (Wildman–Crippen LogP) is 2.52. The minimum atomic E-state index is -3.52. The van der Waals surface area contributed by atoms with Crippen LogP contribution in [0.1, 0.15) is 12.8 Å². The summed E-state index contributed by atoms with van der Waals surface area (Å²) in [4.78, 5) is 34.8. The molecule has 4 aliphatic rings. The van der Waals surface area contributed by atoms with Crippen LogP contribution in [0, 0.1) is 46.9 Å². The topological polar surface area (TPSA) is 165 Å². The quantitative estimate of drug-likeness (QED) is 0.145. The van der Waals surface area contributed by atoms with E-state index in [0.717, 1.165) is 97.7 Å². The van der Waals surface area contributed by atoms with Crippen molar-refractivity contribution >= 4 is 21.5 Å². The lowest BCUT2D eigenvalue weighted by Gasteiger charge is -2.34. The zero-order chi connectivity index (χ0) is 44.3. The molecule has 4 heterocycles. The van der Waals surface area contributed by atoms with Gasteiger partial charge in [-0.05, 0) is 74.9 Å². The number of nitrogens with zero attached hydrogens (tertiary/aromatic N) is 8. The summed E-state index contributed by atoms with van der Waals surface area (Å²) >= 11 is 0. The van der Waals surface area contributed by atoms with Gasteiger partial charge in [-0.25, -0.2) is 17.6 Å². The van der Waals surface area contributed by atoms with E-state index in [1.165, 1.54) is 12.4 Å². The Morgan fingerprint density at radius 1 is 0.613 bits per heavy atom. The standard InChI is InChI=1S/C21H26F2N4O5S.C20H24F2N4O3/c1-25-3-5-26(6-4-25)19-11-24-27(18-9-16(22)8-17(23)10-18)21(28)20(19)31-12-14-7-15(14)13-32-33(2,29)30;1-24-2-4-25(5-3-24)18-10-23-26(17-8-15(21)7-16(22)9-17)20(28)19(18)29-12-14-6-13(14)11-27/h8-11,14-15H,3-7,12-13H2,1-2H3;7-10,13-14,27H,2-6,11-12H2,1H3/t14-,15-;13-,14-/m11/s1. The van der Waals surface area contributed by atoms with E-state index < -0.39 is 44.5 Å². The Hall–Kier alpha value is -5.09. The molecule has 0 amide bonds. The molecule has 0 radical (unpaired) electrons. The number of aromatic nitrogens is 4. The van der Waals surface area contributed by atoms with Crippen LogP contribution in [0.4, 0.5) is 28.9 Å². The van der Waals surface area contributed by atoms with Gasteiger partial charge in [0, 0.05) is 71.1 Å². The molecule has 0 bridgehead atoms. The van der Waals surface area contributed by atoms with Crippen LogP contribution < -0.4 is 30.4 Å². The third kappa shape index (κ3) is 11.3. The number of ether oxygens (including phenoxy) is 2. The number of aliphatic hydroxyl groups excluding tert-OH is 1. The van der Waals surface area contributed by atoms with Gasteiger partial charge < -0.3 is 34.2 Å². The molecular formula is C41H50F4N8O8S. The normalized spacial score (nSPS) is 21.6. The highest BCUT2D eigenvalue weighted by atomic mass is 32.2. The van der Waals surface area contributed by atoms with Crippen LogP contribution in [0.5, 0.6) is 11.5 Å². The summed E-state index contributed by atoms with van der Waals surface area (Å²) in [6.07, 6.45) is 5.56. The minimum absolute atomic E-state index is 0.00179. The molecule has 8 rings (SSSR count). The average molecular weight is 891 g/mol. The van der Waals surface area contributed by atoms with E-state index in [4.69, 9.17) is 13.7 Å². The summed E-state index contributed by atoms with van der Waals surface area (Å²) in [6.45, 7) is 6.71. The van der Waals surface area contributed by atoms with Gasteiger partial charge in [0.15, 0.2) is 0 Å². The zero-order valence-corrected chi connectivity index (χ0v) is 35.4. The number of hydrogen-bond acceptors (Lipinski definition) is 14. The highest BCUT2D eigenvalue weighted by Crippen LogP contribution is 2.40. The molecule has 336 valence electrons. The van der Waals surface area contributed by atoms with Crippen LogP contribution in [0.25, 0.3) is 11.4 Å². The molecule has 2 aliphatic heterocycles. The highest BCUT2D eigenvalue weighted by Gasteiger charge is 2.40. The fraction of sp³-hybridized carbons (Fsp3) is 0.512. The number of anilines is 2. The van der Waals surface area contributed by atoms with Crippen molar-refractivity contribution in [1.29, 1.82) is 0 Å². The first-order chi connectivity index (χ1) is 29.6. The van der Waals surface area contributed by atoms with Gasteiger partial charge in [0.2, 0.25) is 11.5 Å². The molecule has 62 heavy (non-hydrogen) atoms. The predicted molar refractivity (Wildman–Crippen MR) is 221 cm³/mol. The van der Waals surface area contributed by atoms with Crippen molar-refractivity contribution in [2.75, 3.05) is 109 Å². The highest BCUT2D eigenvalue weighted by molar-refractivity contribution is 7.85. The SMILES string of the molecule is CN1CCN(c2cnn(-c3cc(F)cc(F)c3)c(=O)c2OC[C@H]2C[C@@H]2CO)CC1.CN1CCN(c2cnn(-c3cc(F)cc(F)c3)c(=O)c2OC[C@H]2C[C@@H]2COS(C)(=O)=O)CC1. The minimum Gasteiger partial charge on any atom is -0.486 e. The van der Waals surface area contributed by atoms with Crippen molar-refractivity contribution in [3.8, 4) is 22.9 Å². The summed E-state index contributed by atoms with van der Waals surface area (Å²) < 4.78 is 95.7. The van der Waals surface area contributed by atoms with Gasteiger partial charge in [0.1, 0.15) is 34.6 Å². The largest absolute Gasteiger partial charge is 0.486 e. The number of aliphatic hydroxyl groups is 1. The first-order valence-corrected chi connectivity index (χ1v) is 22.1. The fourth-order valence-electron chi connectivity index (χ4n) is 7.41. The second-order valence-electron chi connectivity index (χ2n) is 16.3. The molecule has 0 spiro atoms. The lowest BCUT2D eigenvalue weighted by molar-refractivity contribution is 0.240. The van der Waals surface area contributed by atoms with Gasteiger partial charge in [0.25, 0.3) is 10.1 Å². The van der Waals surface area contributed by atoms with E-state index in [1.54, 1.807) is 0 Å². The summed E-state index contributed by atoms with van der Waals surface area (Å²) in [6, 6.07) is 5.62. The maximum absolute atomic E-state index is 13.7. The van der Waals surface area contributed by atoms with Crippen molar-refractivity contribution < 1.29 is 44.7 Å². The summed E-state index contributed by atoms with van der Waals surface area (Å²) in [5.74, 6) is -2.59. The monoisotopic (exact) mass is 890 g/mol. The van der Waals surface area contributed by atoms with E-state index in [1.807, 2.05) is 23.9 Å². The van der Waals surface area contributed by atoms with Crippen LogP contribution >= 0.6 is 0 Å². The lowest BCUT2D eigenvalue weighted by Crippen LogP contribution is -2.45. The molecule has 4 atom stereocenters. The first kappa shape index (κ1) is 44.9. The first-order valence-electron chi connectivity index (χ1n) is 20.3. The van der Waals surface area contributed by atoms with Gasteiger partial charge in [-0.15, -0.1) is 0 Å². The summed E-state index contributed by atoms with van der Waals surface area (Å²) in [5.41, 5.74) is -0.128. The van der Waals surface area contributed by atoms with Crippen molar-refractivity contribution in [2.24, 2.45) is 23.7 Å². The number of likely N-dealkylation sites (N-methyl/N-ethyl adjacent to an activating group) is 2. The van der Waals surface area contributed by atoms with Gasteiger partial charge in [-0.1, -0.05) is 0 Å². The molecule has 2 aliphatic carbocycles. The Morgan fingerprint density at radius 3 is 1.35 bits per heavy atom. The van der Waals surface area contributed by atoms with Gasteiger partial charge in [0.05, 0.1) is 49.8 Å². The van der Waals surface area contributed by atoms with Gasteiger partial charge >= 0.3 is 11.1 Å². The number of piperazine rings is 2. The Labute approximate surface area is 355 Å². The van der Waals surface area contributed by atoms with E-state index in [-0.39, 0.29) is 66.4 Å².